The van der Waals surface area contributed by atoms with Crippen molar-refractivity contribution < 1.29 is 58.1 Å². The van der Waals surface area contributed by atoms with E-state index in [4.69, 9.17) is 15.6 Å². The van der Waals surface area contributed by atoms with Gasteiger partial charge in [-0.25, -0.2) is 14.4 Å². The van der Waals surface area contributed by atoms with Crippen LogP contribution in [0.15, 0.2) is 0 Å². The molecule has 0 heterocycles. The highest BCUT2D eigenvalue weighted by Crippen LogP contribution is 2.16. The van der Waals surface area contributed by atoms with Crippen molar-refractivity contribution in [3.63, 3.8) is 0 Å². The van der Waals surface area contributed by atoms with Crippen LogP contribution in [0.25, 0.3) is 0 Å². The second-order valence-electron chi connectivity index (χ2n) is 16.8. The molecule has 0 saturated carbocycles. The number of nitrogens with zero attached hydrogens (tertiary/aromatic N) is 1. The predicted octanol–water partition coefficient (Wildman–Crippen LogP) is 5.17. The van der Waals surface area contributed by atoms with Crippen LogP contribution < -0.4 is 27.0 Å². The lowest BCUT2D eigenvalue weighted by Gasteiger charge is -2.30. The molecule has 18 nitrogen and oxygen atoms in total. The molecule has 5 atom stereocenters. The van der Waals surface area contributed by atoms with Gasteiger partial charge in [0.2, 0.25) is 35.4 Å². The number of hydrogen-bond acceptors (Lipinski definition) is 11. The molecule has 0 aliphatic heterocycles. The Morgan fingerprint density at radius 2 is 1.06 bits per heavy atom. The fourth-order valence-electron chi connectivity index (χ4n) is 7.06. The Morgan fingerprint density at radius 1 is 0.562 bits per heavy atom. The van der Waals surface area contributed by atoms with Gasteiger partial charge >= 0.3 is 17.9 Å². The van der Waals surface area contributed by atoms with E-state index < -0.39 is 90.6 Å². The number of hydrogen-bond donors (Lipinski definition) is 7. The van der Waals surface area contributed by atoms with Crippen molar-refractivity contribution in [2.75, 3.05) is 13.1 Å². The number of unbranched alkanes of at least 4 members (excludes halogenated alkanes) is 19. The fourth-order valence-corrected chi connectivity index (χ4v) is 7.06. The van der Waals surface area contributed by atoms with Crippen molar-refractivity contribution >= 4 is 53.4 Å². The number of nitrogens with one attached hydrogen (secondary N) is 4. The molecule has 0 radical (unpaired) electrons. The lowest BCUT2D eigenvalue weighted by Crippen LogP contribution is -2.55. The Hall–Kier alpha value is -4.61. The third kappa shape index (κ3) is 29.0. The number of imide groups is 1. The quantitative estimate of drug-likeness (QED) is 0.0310. The smallest absolute Gasteiger partial charge is 0.344 e. The molecule has 0 aromatic heterocycles. The first-order valence-electron chi connectivity index (χ1n) is 23.8. The number of carboxylic acids is 2. The normalized spacial score (nSPS) is 13.3. The molecule has 0 fully saturated rings. The summed E-state index contributed by atoms with van der Waals surface area (Å²) in [6, 6.07) is -5.63. The van der Waals surface area contributed by atoms with Gasteiger partial charge in [0.25, 0.3) is 0 Å². The van der Waals surface area contributed by atoms with Gasteiger partial charge in [0.15, 0.2) is 6.10 Å². The molecule has 0 bridgehead atoms. The van der Waals surface area contributed by atoms with Gasteiger partial charge in [-0.1, -0.05) is 122 Å². The number of amides is 6. The minimum absolute atomic E-state index is 0.0575. The zero-order valence-corrected chi connectivity index (χ0v) is 39.5. The van der Waals surface area contributed by atoms with E-state index in [0.717, 1.165) is 33.1 Å². The second kappa shape index (κ2) is 36.7. The summed E-state index contributed by atoms with van der Waals surface area (Å²) in [6.45, 7) is 6.81. The van der Waals surface area contributed by atoms with Gasteiger partial charge in [0, 0.05) is 19.8 Å². The highest BCUT2D eigenvalue weighted by molar-refractivity contribution is 6.00. The lowest BCUT2D eigenvalue weighted by molar-refractivity contribution is -0.164. The summed E-state index contributed by atoms with van der Waals surface area (Å²) in [5.74, 6) is -8.53. The Kier molecular flexibility index (Phi) is 34.1. The molecule has 0 aliphatic carbocycles. The molecule has 64 heavy (non-hydrogen) atoms. The van der Waals surface area contributed by atoms with Crippen molar-refractivity contribution in [1.29, 1.82) is 0 Å². The molecule has 18 heteroatoms. The molecular formula is C46H82N6O12. The minimum atomic E-state index is -1.63. The van der Waals surface area contributed by atoms with Crippen molar-refractivity contribution in [2.24, 2.45) is 5.73 Å². The Bertz CT molecular complexity index is 1430. The van der Waals surface area contributed by atoms with E-state index in [2.05, 4.69) is 28.2 Å². The van der Waals surface area contributed by atoms with Gasteiger partial charge in [-0.2, -0.15) is 0 Å². The maximum Gasteiger partial charge on any atom is 0.344 e. The Balaban J connectivity index is 4.68. The number of ether oxygens (including phenoxy) is 1. The van der Waals surface area contributed by atoms with Crippen LogP contribution in [0.5, 0.6) is 0 Å². The van der Waals surface area contributed by atoms with E-state index in [0.29, 0.717) is 24.2 Å². The van der Waals surface area contributed by atoms with E-state index in [1.54, 1.807) is 0 Å². The molecule has 0 spiro atoms. The number of carboxylic acid groups (broad SMARTS) is 2. The van der Waals surface area contributed by atoms with Crippen molar-refractivity contribution in [2.45, 2.75) is 225 Å². The maximum absolute atomic E-state index is 13.4. The molecule has 0 aromatic rings. The predicted molar refractivity (Wildman–Crippen MR) is 242 cm³/mol. The highest BCUT2D eigenvalue weighted by Gasteiger charge is 2.35. The highest BCUT2D eigenvalue weighted by atomic mass is 16.6. The zero-order valence-electron chi connectivity index (χ0n) is 39.5. The number of rotatable bonds is 39. The molecule has 8 N–H and O–H groups in total. The van der Waals surface area contributed by atoms with Crippen LogP contribution in [-0.4, -0.2) is 112 Å². The number of aliphatic carboxylic acids is 2. The van der Waals surface area contributed by atoms with Crippen LogP contribution in [0.2, 0.25) is 0 Å². The van der Waals surface area contributed by atoms with Crippen molar-refractivity contribution in [3.05, 3.63) is 0 Å². The molecule has 0 rings (SSSR count). The summed E-state index contributed by atoms with van der Waals surface area (Å²) >= 11 is 0. The Labute approximate surface area is 381 Å². The summed E-state index contributed by atoms with van der Waals surface area (Å²) in [7, 11) is 0. The molecule has 368 valence electrons. The third-order valence-corrected chi connectivity index (χ3v) is 11.0. The van der Waals surface area contributed by atoms with Crippen LogP contribution in [0.3, 0.4) is 0 Å². The molecule has 0 aromatic carbocycles. The van der Waals surface area contributed by atoms with E-state index in [1.165, 1.54) is 110 Å². The molecular weight excluding hydrogens is 829 g/mol. The summed E-state index contributed by atoms with van der Waals surface area (Å²) < 4.78 is 4.79. The molecule has 6 amide bonds. The second-order valence-corrected chi connectivity index (χ2v) is 16.8. The number of carbonyl (C=O) groups is 9. The summed E-state index contributed by atoms with van der Waals surface area (Å²) in [6.07, 6.45) is 22.1. The number of nitrogens with two attached hydrogens (primary N) is 1. The summed E-state index contributed by atoms with van der Waals surface area (Å²) in [5.41, 5.74) is 5.58. The average Bonchev–Trinajstić information content (AvgIpc) is 3.24. The van der Waals surface area contributed by atoms with Gasteiger partial charge in [-0.05, 0) is 59.4 Å². The largest absolute Gasteiger partial charge is 0.480 e. The molecule has 0 aliphatic rings. The monoisotopic (exact) mass is 911 g/mol. The standard InChI is InChI=1S/C46H82N6O12/c1-6-7-8-9-10-11-12-13-14-15-16-17-18-19-20-21-22-23-24-28-39(54)48-32-40(55)49-33(2)42(57)51-37(45(61)62)29-30-41(56)52(36(5)53)38(27-25-26-31-47)43(58)50-34(3)46(63)64-35(4)44(59)60/h33-35,37-38H,6-32,47H2,1-5H3,(H,48,54)(H,49,55)(H,50,58)(H,51,57)(H,59,60)(H,61,62)/t33-,34+,35+,37+,38-/m0/s1. The topological polar surface area (TPSA) is 281 Å². The summed E-state index contributed by atoms with van der Waals surface area (Å²) in [4.78, 5) is 113. The average molecular weight is 911 g/mol. The first kappa shape index (κ1) is 59.4. The fraction of sp³-hybridized carbons (Fsp3) is 0.804. The molecule has 0 unspecified atom stereocenters. The Morgan fingerprint density at radius 3 is 1.52 bits per heavy atom. The van der Waals surface area contributed by atoms with Crippen molar-refractivity contribution in [1.82, 2.24) is 26.2 Å². The number of carbonyl (C=O) groups excluding carboxylic acids is 7. The summed E-state index contributed by atoms with van der Waals surface area (Å²) in [5, 5.41) is 28.3. The first-order chi connectivity index (χ1) is 30.5. The van der Waals surface area contributed by atoms with Gasteiger partial charge < -0.3 is 42.0 Å². The van der Waals surface area contributed by atoms with E-state index in [-0.39, 0.29) is 31.8 Å². The van der Waals surface area contributed by atoms with Crippen LogP contribution in [0.1, 0.15) is 195 Å². The first-order valence-corrected chi connectivity index (χ1v) is 23.8. The van der Waals surface area contributed by atoms with Crippen molar-refractivity contribution in [3.8, 4) is 0 Å². The third-order valence-electron chi connectivity index (χ3n) is 11.0. The minimum Gasteiger partial charge on any atom is -0.480 e. The molecule has 0 saturated heterocycles. The van der Waals surface area contributed by atoms with Gasteiger partial charge in [0.05, 0.1) is 6.54 Å². The SMILES string of the molecule is CCCCCCCCCCCCCCCCCCCCCC(=O)NCC(=O)N[C@@H](C)C(=O)N[C@H](CCC(=O)N(C(C)=O)[C@@H](CCCCN)C(=O)N[C@H](C)C(=O)O[C@H](C)C(=O)O)C(=O)O. The van der Waals surface area contributed by atoms with Crippen LogP contribution in [0.4, 0.5) is 0 Å². The van der Waals surface area contributed by atoms with Gasteiger partial charge in [-0.3, -0.25) is 33.7 Å². The lowest BCUT2D eigenvalue weighted by atomic mass is 10.0. The van der Waals surface area contributed by atoms with E-state index >= 15 is 0 Å². The zero-order chi connectivity index (χ0) is 48.3. The van der Waals surface area contributed by atoms with Crippen LogP contribution in [-0.2, 0) is 47.9 Å². The van der Waals surface area contributed by atoms with Gasteiger partial charge in [0.1, 0.15) is 24.2 Å². The van der Waals surface area contributed by atoms with E-state index in [9.17, 15) is 48.3 Å². The van der Waals surface area contributed by atoms with Gasteiger partial charge in [-0.15, -0.1) is 0 Å². The maximum atomic E-state index is 13.4. The number of esters is 1. The van der Waals surface area contributed by atoms with Crippen LogP contribution >= 0.6 is 0 Å². The van der Waals surface area contributed by atoms with E-state index in [1.807, 2.05) is 0 Å². The van der Waals surface area contributed by atoms with Crippen LogP contribution in [0, 0.1) is 0 Å².